The van der Waals surface area contributed by atoms with Crippen molar-refractivity contribution in [3.05, 3.63) is 60.0 Å². The second-order valence-electron chi connectivity index (χ2n) is 7.69. The number of fused-ring (bicyclic) bond motifs is 1. The van der Waals surface area contributed by atoms with E-state index < -0.39 is 0 Å². The molecule has 3 heterocycles. The SMILES string of the molecule is Cc1coc(-c2cccc(C)c2-c2ccc3nc(N)c(N4CCOCC4)cc3c2)n1. The molecule has 2 N–H and O–H groups in total. The zero-order valence-electron chi connectivity index (χ0n) is 17.2. The lowest BCUT2D eigenvalue weighted by Gasteiger charge is -2.29. The first-order chi connectivity index (χ1) is 14.6. The van der Waals surface area contributed by atoms with Gasteiger partial charge >= 0.3 is 0 Å². The van der Waals surface area contributed by atoms with E-state index in [0.29, 0.717) is 24.9 Å². The Morgan fingerprint density at radius 1 is 1.00 bits per heavy atom. The van der Waals surface area contributed by atoms with Crippen molar-refractivity contribution >= 4 is 22.4 Å². The average Bonchev–Trinajstić information content (AvgIpc) is 3.19. The van der Waals surface area contributed by atoms with Gasteiger partial charge in [-0.3, -0.25) is 0 Å². The van der Waals surface area contributed by atoms with Crippen molar-refractivity contribution in [1.29, 1.82) is 0 Å². The number of hydrogen-bond donors (Lipinski definition) is 1. The lowest BCUT2D eigenvalue weighted by molar-refractivity contribution is 0.123. The molecule has 0 bridgehead atoms. The van der Waals surface area contributed by atoms with E-state index in [9.17, 15) is 0 Å². The van der Waals surface area contributed by atoms with E-state index in [-0.39, 0.29) is 0 Å². The largest absolute Gasteiger partial charge is 0.444 e. The Morgan fingerprint density at radius 3 is 2.60 bits per heavy atom. The molecule has 2 aromatic heterocycles. The summed E-state index contributed by atoms with van der Waals surface area (Å²) >= 11 is 0. The van der Waals surface area contributed by atoms with Crippen molar-refractivity contribution < 1.29 is 9.15 Å². The fourth-order valence-corrected chi connectivity index (χ4v) is 4.10. The second kappa shape index (κ2) is 7.46. The molecule has 0 spiro atoms. The molecule has 5 rings (SSSR count). The number of ether oxygens (including phenoxy) is 1. The minimum atomic E-state index is 0.559. The summed E-state index contributed by atoms with van der Waals surface area (Å²) in [5, 5.41) is 1.06. The van der Waals surface area contributed by atoms with Crippen LogP contribution in [0.1, 0.15) is 11.3 Å². The molecule has 1 fully saturated rings. The van der Waals surface area contributed by atoms with E-state index in [1.165, 1.54) is 5.56 Å². The van der Waals surface area contributed by atoms with E-state index >= 15 is 0 Å². The number of aromatic nitrogens is 2. The van der Waals surface area contributed by atoms with Gasteiger partial charge in [-0.15, -0.1) is 0 Å². The van der Waals surface area contributed by atoms with Gasteiger partial charge in [-0.1, -0.05) is 18.2 Å². The Balaban J connectivity index is 1.64. The van der Waals surface area contributed by atoms with Crippen LogP contribution in [0.2, 0.25) is 0 Å². The van der Waals surface area contributed by atoms with E-state index in [0.717, 1.165) is 52.1 Å². The number of benzene rings is 2. The Morgan fingerprint density at radius 2 is 1.83 bits per heavy atom. The third-order valence-corrected chi connectivity index (χ3v) is 5.59. The number of pyridine rings is 1. The topological polar surface area (TPSA) is 77.4 Å². The van der Waals surface area contributed by atoms with Crippen LogP contribution in [0.4, 0.5) is 11.5 Å². The molecular formula is C24H24N4O2. The highest BCUT2D eigenvalue weighted by atomic mass is 16.5. The summed E-state index contributed by atoms with van der Waals surface area (Å²) in [7, 11) is 0. The fourth-order valence-electron chi connectivity index (χ4n) is 4.10. The minimum Gasteiger partial charge on any atom is -0.444 e. The van der Waals surface area contributed by atoms with Crippen LogP contribution < -0.4 is 10.6 Å². The zero-order valence-corrected chi connectivity index (χ0v) is 17.2. The van der Waals surface area contributed by atoms with Crippen LogP contribution in [0, 0.1) is 13.8 Å². The highest BCUT2D eigenvalue weighted by Gasteiger charge is 2.18. The van der Waals surface area contributed by atoms with Gasteiger partial charge in [0.05, 0.1) is 30.1 Å². The molecule has 0 saturated carbocycles. The summed E-state index contributed by atoms with van der Waals surface area (Å²) in [5.41, 5.74) is 13.4. The third-order valence-electron chi connectivity index (χ3n) is 5.59. The Labute approximate surface area is 175 Å². The molecule has 4 aromatic rings. The number of hydrogen-bond acceptors (Lipinski definition) is 6. The van der Waals surface area contributed by atoms with Crippen molar-refractivity contribution in [3.63, 3.8) is 0 Å². The summed E-state index contributed by atoms with van der Waals surface area (Å²) < 4.78 is 11.2. The number of nitrogens with two attached hydrogens (primary N) is 1. The molecule has 0 atom stereocenters. The molecular weight excluding hydrogens is 376 g/mol. The van der Waals surface area contributed by atoms with Crippen LogP contribution in [0.25, 0.3) is 33.5 Å². The van der Waals surface area contributed by atoms with Gasteiger partial charge < -0.3 is 19.8 Å². The number of anilines is 2. The van der Waals surface area contributed by atoms with Gasteiger partial charge in [-0.25, -0.2) is 9.97 Å². The maximum atomic E-state index is 6.28. The maximum Gasteiger partial charge on any atom is 0.226 e. The van der Waals surface area contributed by atoms with Gasteiger partial charge in [-0.05, 0) is 54.8 Å². The first-order valence-electron chi connectivity index (χ1n) is 10.2. The van der Waals surface area contributed by atoms with Crippen molar-refractivity contribution in [1.82, 2.24) is 9.97 Å². The van der Waals surface area contributed by atoms with Gasteiger partial charge in [0.15, 0.2) is 0 Å². The van der Waals surface area contributed by atoms with Gasteiger partial charge in [0.25, 0.3) is 0 Å². The van der Waals surface area contributed by atoms with Gasteiger partial charge in [0.2, 0.25) is 5.89 Å². The van der Waals surface area contributed by atoms with Crippen molar-refractivity contribution in [2.75, 3.05) is 36.9 Å². The summed E-state index contributed by atoms with van der Waals surface area (Å²) in [5.74, 6) is 1.19. The summed E-state index contributed by atoms with van der Waals surface area (Å²) in [6, 6.07) is 14.6. The molecule has 152 valence electrons. The van der Waals surface area contributed by atoms with E-state index in [4.69, 9.17) is 14.9 Å². The molecule has 6 nitrogen and oxygen atoms in total. The Kier molecular flexibility index (Phi) is 4.64. The average molecular weight is 400 g/mol. The maximum absolute atomic E-state index is 6.28. The van der Waals surface area contributed by atoms with Crippen molar-refractivity contribution in [2.45, 2.75) is 13.8 Å². The molecule has 1 aliphatic rings. The van der Waals surface area contributed by atoms with Crippen LogP contribution in [-0.2, 0) is 4.74 Å². The Hall–Kier alpha value is -3.38. The fraction of sp³-hybridized carbons (Fsp3) is 0.250. The number of oxazole rings is 1. The van der Waals surface area contributed by atoms with Crippen LogP contribution in [-0.4, -0.2) is 36.3 Å². The van der Waals surface area contributed by atoms with Gasteiger partial charge in [0, 0.05) is 24.0 Å². The normalized spacial score (nSPS) is 14.4. The number of rotatable bonds is 3. The first-order valence-corrected chi connectivity index (χ1v) is 10.2. The molecule has 1 aliphatic heterocycles. The van der Waals surface area contributed by atoms with E-state index in [2.05, 4.69) is 52.1 Å². The van der Waals surface area contributed by atoms with E-state index in [1.807, 2.05) is 19.1 Å². The first kappa shape index (κ1) is 18.6. The predicted molar refractivity (Wildman–Crippen MR) is 120 cm³/mol. The number of morpholine rings is 1. The minimum absolute atomic E-state index is 0.559. The third kappa shape index (κ3) is 3.29. The molecule has 0 aliphatic carbocycles. The van der Waals surface area contributed by atoms with Gasteiger partial charge in [0.1, 0.15) is 12.1 Å². The summed E-state index contributed by atoms with van der Waals surface area (Å²) in [6.07, 6.45) is 1.68. The standard InChI is InChI=1S/C24H24N4O2/c1-15-4-3-5-19(24-26-16(2)14-30-24)22(15)17-6-7-20-18(12-17)13-21(23(25)27-20)28-8-10-29-11-9-28/h3-7,12-14H,8-11H2,1-2H3,(H2,25,27). The highest BCUT2D eigenvalue weighted by molar-refractivity contribution is 5.92. The summed E-state index contributed by atoms with van der Waals surface area (Å²) in [4.78, 5) is 11.4. The van der Waals surface area contributed by atoms with Crippen LogP contribution in [0.15, 0.2) is 53.1 Å². The number of nitrogens with zero attached hydrogens (tertiary/aromatic N) is 3. The monoisotopic (exact) mass is 400 g/mol. The molecule has 1 saturated heterocycles. The van der Waals surface area contributed by atoms with Crippen LogP contribution >= 0.6 is 0 Å². The molecule has 6 heteroatoms. The van der Waals surface area contributed by atoms with Gasteiger partial charge in [-0.2, -0.15) is 0 Å². The smallest absolute Gasteiger partial charge is 0.226 e. The van der Waals surface area contributed by atoms with Crippen molar-refractivity contribution in [3.8, 4) is 22.6 Å². The van der Waals surface area contributed by atoms with E-state index in [1.54, 1.807) is 6.26 Å². The number of nitrogen functional groups attached to an aromatic ring is 1. The lowest BCUT2D eigenvalue weighted by Crippen LogP contribution is -2.36. The second-order valence-corrected chi connectivity index (χ2v) is 7.69. The zero-order chi connectivity index (χ0) is 20.7. The van der Waals surface area contributed by atoms with Crippen LogP contribution in [0.5, 0.6) is 0 Å². The Bertz CT molecular complexity index is 1230. The quantitative estimate of drug-likeness (QED) is 0.542. The lowest BCUT2D eigenvalue weighted by atomic mass is 9.94. The molecule has 0 amide bonds. The van der Waals surface area contributed by atoms with Crippen molar-refractivity contribution in [2.24, 2.45) is 0 Å². The van der Waals surface area contributed by atoms with Crippen LogP contribution in [0.3, 0.4) is 0 Å². The predicted octanol–water partition coefficient (Wildman–Crippen LogP) is 4.59. The molecule has 0 radical (unpaired) electrons. The molecule has 2 aromatic carbocycles. The molecule has 30 heavy (non-hydrogen) atoms. The number of aryl methyl sites for hydroxylation is 2. The summed E-state index contributed by atoms with van der Waals surface area (Å²) in [6.45, 7) is 7.10. The highest BCUT2D eigenvalue weighted by Crippen LogP contribution is 2.36. The molecule has 0 unspecified atom stereocenters.